The number of fused-ring (bicyclic) bond motifs is 3. The van der Waals surface area contributed by atoms with Gasteiger partial charge in [-0.05, 0) is 174 Å². The molecule has 5 saturated heterocycles. The molecule has 6 aromatic rings. The third-order valence-electron chi connectivity index (χ3n) is 18.9. The third-order valence-corrected chi connectivity index (χ3v) is 18.9. The van der Waals surface area contributed by atoms with Crippen molar-refractivity contribution in [2.75, 3.05) is 63.9 Å². The van der Waals surface area contributed by atoms with Crippen LogP contribution in [0.1, 0.15) is 132 Å². The fourth-order valence-corrected chi connectivity index (χ4v) is 14.2. The number of hydrogen-bond acceptors (Lipinski definition) is 12. The van der Waals surface area contributed by atoms with Crippen LogP contribution in [0.25, 0.3) is 43.8 Å². The summed E-state index contributed by atoms with van der Waals surface area (Å²) >= 11 is 0. The molecule has 5 aliphatic heterocycles. The van der Waals surface area contributed by atoms with Gasteiger partial charge in [0.25, 0.3) is 0 Å². The molecule has 7 aliphatic rings. The van der Waals surface area contributed by atoms with Crippen molar-refractivity contribution in [1.82, 2.24) is 40.3 Å². The molecular weight excluding hydrogens is 941 g/mol. The van der Waals surface area contributed by atoms with Gasteiger partial charge in [-0.1, -0.05) is 25.1 Å². The van der Waals surface area contributed by atoms with Gasteiger partial charge < -0.3 is 29.3 Å². The molecule has 0 bridgehead atoms. The minimum absolute atomic E-state index is 0.00582. The van der Waals surface area contributed by atoms with Crippen LogP contribution in [-0.2, 0) is 20.7 Å². The normalized spacial score (nSPS) is 24.8. The van der Waals surface area contributed by atoms with E-state index < -0.39 is 5.82 Å². The number of carbonyl (C=O) groups is 2. The molecule has 8 heterocycles. The number of imide groups is 1. The highest BCUT2D eigenvalue weighted by Gasteiger charge is 2.48. The molecule has 388 valence electrons. The highest BCUT2D eigenvalue weighted by Crippen LogP contribution is 2.51. The molecule has 2 aliphatic carbocycles. The molecule has 16 heteroatoms. The number of aromatic hydroxyl groups is 1. The number of rotatable bonds is 11. The van der Waals surface area contributed by atoms with Crippen LogP contribution in [0.5, 0.6) is 11.8 Å². The van der Waals surface area contributed by atoms with E-state index in [0.717, 1.165) is 107 Å². The molecule has 2 saturated carbocycles. The van der Waals surface area contributed by atoms with E-state index in [9.17, 15) is 14.7 Å². The summed E-state index contributed by atoms with van der Waals surface area (Å²) in [5.74, 6) is -0.853. The first kappa shape index (κ1) is 47.8. The summed E-state index contributed by atoms with van der Waals surface area (Å²) in [7, 11) is 0. The largest absolute Gasteiger partial charge is 0.508 e. The van der Waals surface area contributed by atoms with Gasteiger partial charge in [0, 0.05) is 61.1 Å². The molecule has 2 spiro atoms. The summed E-state index contributed by atoms with van der Waals surface area (Å²) in [5.41, 5.74) is 4.04. The highest BCUT2D eigenvalue weighted by atomic mass is 19.1. The summed E-state index contributed by atoms with van der Waals surface area (Å²) < 4.78 is 45.3. The number of hydrogen-bond donors (Lipinski definition) is 3. The molecule has 3 aromatic carbocycles. The van der Waals surface area contributed by atoms with Gasteiger partial charge in [-0.3, -0.25) is 25.0 Å². The van der Waals surface area contributed by atoms with Gasteiger partial charge in [-0.15, -0.1) is 0 Å². The van der Waals surface area contributed by atoms with Crippen LogP contribution in [-0.4, -0.2) is 123 Å². The van der Waals surface area contributed by atoms with Crippen molar-refractivity contribution >= 4 is 50.2 Å². The number of anilines is 1. The van der Waals surface area contributed by atoms with E-state index in [4.69, 9.17) is 19.4 Å². The van der Waals surface area contributed by atoms with Crippen LogP contribution in [0, 0.1) is 22.5 Å². The Morgan fingerprint density at radius 3 is 2.43 bits per heavy atom. The van der Waals surface area contributed by atoms with Crippen LogP contribution in [0.15, 0.2) is 48.7 Å². The second kappa shape index (κ2) is 18.8. The molecule has 14 nitrogen and oxygen atoms in total. The molecule has 74 heavy (non-hydrogen) atoms. The molecule has 7 fully saturated rings. The number of halogens is 2. The lowest BCUT2D eigenvalue weighted by Crippen LogP contribution is -2.56. The van der Waals surface area contributed by atoms with E-state index in [1.807, 2.05) is 6.92 Å². The predicted molar refractivity (Wildman–Crippen MR) is 278 cm³/mol. The van der Waals surface area contributed by atoms with E-state index in [0.29, 0.717) is 82.9 Å². The Bertz CT molecular complexity index is 3170. The van der Waals surface area contributed by atoms with Gasteiger partial charge in [0.1, 0.15) is 28.6 Å². The van der Waals surface area contributed by atoms with Crippen molar-refractivity contribution in [2.45, 2.75) is 133 Å². The number of aromatic amines is 1. The van der Waals surface area contributed by atoms with Crippen LogP contribution in [0.4, 0.5) is 14.6 Å². The summed E-state index contributed by atoms with van der Waals surface area (Å²) in [6.07, 6.45) is 17.7. The summed E-state index contributed by atoms with van der Waals surface area (Å²) in [6.45, 7) is 9.81. The van der Waals surface area contributed by atoms with Gasteiger partial charge in [-0.2, -0.15) is 15.1 Å². The lowest BCUT2D eigenvalue weighted by Gasteiger charge is -2.49. The number of nitrogens with one attached hydrogen (secondary N) is 2. The number of carbonyl (C=O) groups excluding carboxylic acids is 2. The Labute approximate surface area is 430 Å². The molecule has 3 aromatic heterocycles. The van der Waals surface area contributed by atoms with Gasteiger partial charge in [0.2, 0.25) is 11.8 Å². The Kier molecular flexibility index (Phi) is 12.1. The third kappa shape index (κ3) is 8.75. The van der Waals surface area contributed by atoms with Crippen molar-refractivity contribution in [3.63, 3.8) is 0 Å². The Morgan fingerprint density at radius 1 is 0.878 bits per heavy atom. The zero-order valence-corrected chi connectivity index (χ0v) is 42.5. The Balaban J connectivity index is 0.645. The first-order valence-corrected chi connectivity index (χ1v) is 27.6. The summed E-state index contributed by atoms with van der Waals surface area (Å²) in [6, 6.07) is 13.4. The number of amides is 2. The van der Waals surface area contributed by atoms with Crippen molar-refractivity contribution in [3.05, 3.63) is 77.1 Å². The van der Waals surface area contributed by atoms with Crippen molar-refractivity contribution in [2.24, 2.45) is 10.8 Å². The molecular formula is C58H67F2N9O5. The maximum absolute atomic E-state index is 17.3. The number of nitrogens with zero attached hydrogens (tertiary/aromatic N) is 7. The molecule has 0 radical (unpaired) electrons. The van der Waals surface area contributed by atoms with E-state index in [-0.39, 0.29) is 57.5 Å². The summed E-state index contributed by atoms with van der Waals surface area (Å²) in [4.78, 5) is 46.4. The zero-order chi connectivity index (χ0) is 50.3. The van der Waals surface area contributed by atoms with Gasteiger partial charge in [0.05, 0.1) is 41.3 Å². The first-order valence-electron chi connectivity index (χ1n) is 27.6. The lowest BCUT2D eigenvalue weighted by molar-refractivity contribution is -0.151. The van der Waals surface area contributed by atoms with E-state index in [1.165, 1.54) is 56.2 Å². The number of aromatic nitrogens is 5. The van der Waals surface area contributed by atoms with E-state index >= 15 is 8.78 Å². The lowest BCUT2D eigenvalue weighted by atomic mass is 9.66. The average Bonchev–Trinajstić information content (AvgIpc) is 4.05. The smallest absolute Gasteiger partial charge is 0.319 e. The van der Waals surface area contributed by atoms with Crippen LogP contribution < -0.4 is 15.0 Å². The standard InChI is InChI=1S/C58H67F2N9O5/c1-2-40-45(59)8-5-37-28-39(70)30-43(48(37)40)51-49(60)52-44(31-61-51)53(69-22-3-14-58(33-69)21-27-74-58)64-55(63-52)73-34-57(17-18-57)32-67-25-19-56(20-26-67)15-10-38(11-16-56)68-23-12-35(13-24-68)36-4-6-41-46(29-36)65-66-50(41)42-7-9-47(71)62-54(42)72/h4-6,8,28-31,35,38,42,70H,2-3,7,9-27,32-34H2,1H3,(H,65,66)(H,62,71,72). The van der Waals surface area contributed by atoms with Crippen LogP contribution in [0.2, 0.25) is 0 Å². The number of phenols is 1. The fourth-order valence-electron chi connectivity index (χ4n) is 14.2. The monoisotopic (exact) mass is 1010 g/mol. The molecule has 2 unspecified atom stereocenters. The maximum Gasteiger partial charge on any atom is 0.319 e. The van der Waals surface area contributed by atoms with E-state index in [2.05, 4.69) is 53.4 Å². The van der Waals surface area contributed by atoms with Crippen molar-refractivity contribution < 1.29 is 33.0 Å². The number of phenolic OH excluding ortho intramolecular Hbond substituents is 1. The van der Waals surface area contributed by atoms with Gasteiger partial charge in [-0.25, -0.2) is 8.78 Å². The maximum atomic E-state index is 17.3. The number of pyridine rings is 1. The number of likely N-dealkylation sites (tertiary alicyclic amines) is 2. The Hall–Kier alpha value is -5.84. The second-order valence-corrected chi connectivity index (χ2v) is 23.3. The number of piperidine rings is 4. The van der Waals surface area contributed by atoms with Crippen molar-refractivity contribution in [3.8, 4) is 23.0 Å². The fraction of sp³-hybridized carbons (Fsp3) is 0.552. The SMILES string of the molecule is CCc1c(F)ccc2cc(O)cc(-c3ncc4c(N5CCCC6(CCO6)C5)nc(OCC5(CN6CCC7(CCC(N8CCC(c9ccc%10c(C%11CCC(=O)NC%11=O)[nH]nc%10c9)CC8)CC7)CC6)CC5)nc4c3F)c12. The molecule has 13 rings (SSSR count). The predicted octanol–water partition coefficient (Wildman–Crippen LogP) is 9.61. The average molecular weight is 1010 g/mol. The number of aryl methyl sites for hydroxylation is 1. The number of benzene rings is 3. The summed E-state index contributed by atoms with van der Waals surface area (Å²) in [5, 5.41) is 23.6. The topological polar surface area (TPSA) is 162 Å². The van der Waals surface area contributed by atoms with Crippen LogP contribution >= 0.6 is 0 Å². The quantitative estimate of drug-likeness (QED) is 0.106. The highest BCUT2D eigenvalue weighted by molar-refractivity contribution is 6.03. The first-order chi connectivity index (χ1) is 36.0. The molecule has 2 amide bonds. The van der Waals surface area contributed by atoms with E-state index in [1.54, 1.807) is 18.3 Å². The second-order valence-electron chi connectivity index (χ2n) is 23.3. The molecule has 2 atom stereocenters. The van der Waals surface area contributed by atoms with Crippen LogP contribution in [0.3, 0.4) is 0 Å². The minimum Gasteiger partial charge on any atom is -0.508 e. The number of ether oxygens (including phenoxy) is 2. The number of H-pyrrole nitrogens is 1. The Morgan fingerprint density at radius 2 is 1.69 bits per heavy atom. The molecule has 3 N–H and O–H groups in total. The minimum atomic E-state index is -0.659. The van der Waals surface area contributed by atoms with Gasteiger partial charge in [0.15, 0.2) is 5.82 Å². The van der Waals surface area contributed by atoms with Gasteiger partial charge >= 0.3 is 6.01 Å². The van der Waals surface area contributed by atoms with Crippen molar-refractivity contribution in [1.29, 1.82) is 0 Å². The zero-order valence-electron chi connectivity index (χ0n) is 42.5.